The predicted molar refractivity (Wildman–Crippen MR) is 83.1 cm³/mol. The molecule has 1 fully saturated rings. The number of urea groups is 1. The SMILES string of the molecule is CC(C)CC1(C)NC(=O)N(CC(=O)Nc2ccc(F)c(F)c2F)C1=O. The standard InChI is InChI=1S/C16H18F3N3O3/c1-8(2)6-16(3)14(24)22(15(25)21-16)7-11(23)20-10-5-4-9(17)12(18)13(10)19/h4-5,8H,6-7H2,1-3H3,(H,20,23)(H,21,25). The molecule has 0 bridgehead atoms. The fraction of sp³-hybridized carbons (Fsp3) is 0.438. The Kier molecular flexibility index (Phi) is 5.05. The van der Waals surface area contributed by atoms with Gasteiger partial charge < -0.3 is 10.6 Å². The van der Waals surface area contributed by atoms with Gasteiger partial charge in [-0.3, -0.25) is 14.5 Å². The molecule has 2 N–H and O–H groups in total. The van der Waals surface area contributed by atoms with Crippen LogP contribution in [0.1, 0.15) is 27.2 Å². The Balaban J connectivity index is 2.10. The van der Waals surface area contributed by atoms with Crippen molar-refractivity contribution in [1.29, 1.82) is 0 Å². The summed E-state index contributed by atoms with van der Waals surface area (Å²) in [6.07, 6.45) is 0.382. The van der Waals surface area contributed by atoms with Crippen LogP contribution in [-0.2, 0) is 9.59 Å². The molecule has 9 heteroatoms. The zero-order valence-corrected chi connectivity index (χ0v) is 14.0. The number of hydrogen-bond acceptors (Lipinski definition) is 3. The summed E-state index contributed by atoms with van der Waals surface area (Å²) >= 11 is 0. The molecule has 1 unspecified atom stereocenters. The summed E-state index contributed by atoms with van der Waals surface area (Å²) in [6.45, 7) is 4.65. The minimum atomic E-state index is -1.72. The van der Waals surface area contributed by atoms with E-state index >= 15 is 0 Å². The lowest BCUT2D eigenvalue weighted by molar-refractivity contribution is -0.133. The molecule has 6 nitrogen and oxygen atoms in total. The summed E-state index contributed by atoms with van der Waals surface area (Å²) in [5, 5.41) is 4.55. The first kappa shape index (κ1) is 18.8. The molecule has 1 aromatic carbocycles. The summed E-state index contributed by atoms with van der Waals surface area (Å²) in [7, 11) is 0. The highest BCUT2D eigenvalue weighted by Gasteiger charge is 2.48. The minimum absolute atomic E-state index is 0.124. The van der Waals surface area contributed by atoms with Gasteiger partial charge in [-0.2, -0.15) is 0 Å². The number of benzene rings is 1. The molecule has 1 atom stereocenters. The number of nitrogens with zero attached hydrogens (tertiary/aromatic N) is 1. The van der Waals surface area contributed by atoms with Gasteiger partial charge in [0, 0.05) is 0 Å². The highest BCUT2D eigenvalue weighted by molar-refractivity contribution is 6.09. The Bertz CT molecular complexity index is 739. The zero-order valence-electron chi connectivity index (χ0n) is 14.0. The Morgan fingerprint density at radius 3 is 2.48 bits per heavy atom. The second-order valence-electron chi connectivity index (χ2n) is 6.52. The average molecular weight is 357 g/mol. The summed E-state index contributed by atoms with van der Waals surface area (Å²) in [4.78, 5) is 37.0. The van der Waals surface area contributed by atoms with E-state index in [1.165, 1.54) is 0 Å². The van der Waals surface area contributed by atoms with E-state index in [9.17, 15) is 27.6 Å². The highest BCUT2D eigenvalue weighted by Crippen LogP contribution is 2.25. The topological polar surface area (TPSA) is 78.5 Å². The Labute approximate surface area is 142 Å². The molecule has 2 rings (SSSR count). The molecule has 1 aliphatic rings. The van der Waals surface area contributed by atoms with E-state index in [4.69, 9.17) is 0 Å². The molecule has 25 heavy (non-hydrogen) atoms. The summed E-state index contributed by atoms with van der Waals surface area (Å²) in [6, 6.07) is 0.760. The number of amides is 4. The molecule has 0 saturated carbocycles. The zero-order chi connectivity index (χ0) is 18.9. The van der Waals surface area contributed by atoms with Crippen LogP contribution in [0.25, 0.3) is 0 Å². The van der Waals surface area contributed by atoms with Crippen LogP contribution in [-0.4, -0.2) is 34.8 Å². The molecule has 0 radical (unpaired) electrons. The normalized spacial score (nSPS) is 20.2. The Hall–Kier alpha value is -2.58. The maximum absolute atomic E-state index is 13.6. The lowest BCUT2D eigenvalue weighted by Gasteiger charge is -2.23. The molecule has 0 aliphatic carbocycles. The third-order valence-corrected chi connectivity index (χ3v) is 3.77. The van der Waals surface area contributed by atoms with Crippen LogP contribution in [0, 0.1) is 23.4 Å². The number of anilines is 1. The van der Waals surface area contributed by atoms with Gasteiger partial charge in [0.05, 0.1) is 5.69 Å². The third kappa shape index (κ3) is 3.75. The van der Waals surface area contributed by atoms with Crippen molar-refractivity contribution >= 4 is 23.5 Å². The second kappa shape index (κ2) is 6.73. The molecule has 4 amide bonds. The lowest BCUT2D eigenvalue weighted by Crippen LogP contribution is -2.45. The fourth-order valence-corrected chi connectivity index (χ4v) is 2.80. The van der Waals surface area contributed by atoms with Crippen molar-refractivity contribution < 1.29 is 27.6 Å². The summed E-state index contributed by atoms with van der Waals surface area (Å²) < 4.78 is 39.6. The largest absolute Gasteiger partial charge is 0.325 e. The molecule has 1 saturated heterocycles. The van der Waals surface area contributed by atoms with Crippen LogP contribution in [0.4, 0.5) is 23.7 Å². The van der Waals surface area contributed by atoms with Gasteiger partial charge >= 0.3 is 6.03 Å². The molecular weight excluding hydrogens is 339 g/mol. The third-order valence-electron chi connectivity index (χ3n) is 3.77. The van der Waals surface area contributed by atoms with E-state index in [0.717, 1.165) is 6.07 Å². The molecule has 1 aliphatic heterocycles. The van der Waals surface area contributed by atoms with Crippen molar-refractivity contribution in [2.45, 2.75) is 32.7 Å². The van der Waals surface area contributed by atoms with E-state index in [1.54, 1.807) is 6.92 Å². The lowest BCUT2D eigenvalue weighted by atomic mass is 9.91. The number of rotatable bonds is 5. The monoisotopic (exact) mass is 357 g/mol. The van der Waals surface area contributed by atoms with Gasteiger partial charge in [-0.15, -0.1) is 0 Å². The van der Waals surface area contributed by atoms with Crippen molar-refractivity contribution in [2.24, 2.45) is 5.92 Å². The van der Waals surface area contributed by atoms with Crippen LogP contribution < -0.4 is 10.6 Å². The number of imide groups is 1. The van der Waals surface area contributed by atoms with E-state index in [1.807, 2.05) is 19.2 Å². The van der Waals surface area contributed by atoms with Gasteiger partial charge in [-0.25, -0.2) is 18.0 Å². The predicted octanol–water partition coefficient (Wildman–Crippen LogP) is 2.40. The van der Waals surface area contributed by atoms with Crippen molar-refractivity contribution in [3.05, 3.63) is 29.6 Å². The number of nitrogens with one attached hydrogen (secondary N) is 2. The smallest absolute Gasteiger partial charge is 0.323 e. The van der Waals surface area contributed by atoms with Crippen molar-refractivity contribution in [1.82, 2.24) is 10.2 Å². The quantitative estimate of drug-likeness (QED) is 0.627. The number of hydrogen-bond donors (Lipinski definition) is 2. The van der Waals surface area contributed by atoms with Crippen molar-refractivity contribution in [3.8, 4) is 0 Å². The first-order valence-corrected chi connectivity index (χ1v) is 7.62. The average Bonchev–Trinajstić information content (AvgIpc) is 2.70. The molecule has 0 spiro atoms. The molecule has 0 aromatic heterocycles. The van der Waals surface area contributed by atoms with Crippen LogP contribution in [0.3, 0.4) is 0 Å². The Morgan fingerprint density at radius 1 is 1.24 bits per heavy atom. The first-order chi connectivity index (χ1) is 11.5. The maximum Gasteiger partial charge on any atom is 0.325 e. The van der Waals surface area contributed by atoms with Gasteiger partial charge in [0.2, 0.25) is 5.91 Å². The van der Waals surface area contributed by atoms with E-state index < -0.39 is 53.1 Å². The fourth-order valence-electron chi connectivity index (χ4n) is 2.80. The highest BCUT2D eigenvalue weighted by atomic mass is 19.2. The van der Waals surface area contributed by atoms with Gasteiger partial charge in [0.25, 0.3) is 5.91 Å². The summed E-state index contributed by atoms with van der Waals surface area (Å²) in [5.41, 5.74) is -1.71. The van der Waals surface area contributed by atoms with Crippen LogP contribution in [0.2, 0.25) is 0 Å². The summed E-state index contributed by atoms with van der Waals surface area (Å²) in [5.74, 6) is -6.05. The molecule has 1 aromatic rings. The van der Waals surface area contributed by atoms with E-state index in [0.29, 0.717) is 17.4 Å². The van der Waals surface area contributed by atoms with Crippen LogP contribution in [0.15, 0.2) is 12.1 Å². The van der Waals surface area contributed by atoms with Crippen LogP contribution in [0.5, 0.6) is 0 Å². The molecule has 1 heterocycles. The first-order valence-electron chi connectivity index (χ1n) is 7.62. The van der Waals surface area contributed by atoms with E-state index in [2.05, 4.69) is 5.32 Å². The molecule has 136 valence electrons. The van der Waals surface area contributed by atoms with Crippen LogP contribution >= 0.6 is 0 Å². The van der Waals surface area contributed by atoms with Gasteiger partial charge in [-0.05, 0) is 31.4 Å². The minimum Gasteiger partial charge on any atom is -0.323 e. The Morgan fingerprint density at radius 2 is 1.88 bits per heavy atom. The van der Waals surface area contributed by atoms with Crippen molar-refractivity contribution in [3.63, 3.8) is 0 Å². The maximum atomic E-state index is 13.6. The van der Waals surface area contributed by atoms with Crippen molar-refractivity contribution in [2.75, 3.05) is 11.9 Å². The van der Waals surface area contributed by atoms with Gasteiger partial charge in [0.15, 0.2) is 17.5 Å². The number of halogens is 3. The second-order valence-corrected chi connectivity index (χ2v) is 6.52. The number of carbonyl (C=O) groups excluding carboxylic acids is 3. The molecular formula is C16H18F3N3O3. The number of carbonyl (C=O) groups is 3. The van der Waals surface area contributed by atoms with E-state index in [-0.39, 0.29) is 5.92 Å². The van der Waals surface area contributed by atoms with Gasteiger partial charge in [0.1, 0.15) is 12.1 Å². The van der Waals surface area contributed by atoms with Gasteiger partial charge in [-0.1, -0.05) is 13.8 Å².